The maximum Gasteiger partial charge on any atom is 0.134 e. The summed E-state index contributed by atoms with van der Waals surface area (Å²) in [6, 6.07) is 11.9. The molecule has 128 valence electrons. The van der Waals surface area contributed by atoms with E-state index in [9.17, 15) is 5.11 Å². The molecule has 5 heteroatoms. The van der Waals surface area contributed by atoms with Gasteiger partial charge in [0.25, 0.3) is 0 Å². The average molecular weight is 339 g/mol. The molecule has 1 atom stereocenters. The van der Waals surface area contributed by atoms with Crippen LogP contribution in [0.4, 0.5) is 0 Å². The number of hydrogen-bond donors (Lipinski definition) is 3. The number of furan rings is 1. The SMILES string of the molecule is CC(O)c1ccc(-c2ccc(CNCCC[NH+](C)C)o2)cc1.[Cl-]. The van der Waals surface area contributed by atoms with Crippen LogP contribution < -0.4 is 22.6 Å². The van der Waals surface area contributed by atoms with Crippen molar-refractivity contribution in [3.8, 4) is 11.3 Å². The van der Waals surface area contributed by atoms with Crippen LogP contribution in [0, 0.1) is 0 Å². The lowest BCUT2D eigenvalue weighted by Crippen LogP contribution is -3.05. The van der Waals surface area contributed by atoms with E-state index in [0.29, 0.717) is 0 Å². The van der Waals surface area contributed by atoms with Crippen molar-refractivity contribution >= 4 is 0 Å². The van der Waals surface area contributed by atoms with E-state index in [1.807, 2.05) is 36.4 Å². The standard InChI is InChI=1S/C18H26N2O2.ClH/c1-14(21)15-5-7-16(8-6-15)18-10-9-17(22-18)13-19-11-4-12-20(2)3;/h5-10,14,19,21H,4,11-13H2,1-3H3;1H. The first-order valence-electron chi connectivity index (χ1n) is 7.93. The summed E-state index contributed by atoms with van der Waals surface area (Å²) in [5.74, 6) is 1.82. The van der Waals surface area contributed by atoms with E-state index in [1.54, 1.807) is 6.92 Å². The summed E-state index contributed by atoms with van der Waals surface area (Å²) in [6.45, 7) is 4.70. The van der Waals surface area contributed by atoms with Crippen molar-refractivity contribution in [1.82, 2.24) is 5.32 Å². The van der Waals surface area contributed by atoms with E-state index >= 15 is 0 Å². The number of halogens is 1. The van der Waals surface area contributed by atoms with Crippen molar-refractivity contribution in [1.29, 1.82) is 0 Å². The largest absolute Gasteiger partial charge is 1.00 e. The van der Waals surface area contributed by atoms with Crippen LogP contribution in [0.5, 0.6) is 0 Å². The smallest absolute Gasteiger partial charge is 0.134 e. The number of nitrogens with one attached hydrogen (secondary N) is 2. The predicted octanol–water partition coefficient (Wildman–Crippen LogP) is -1.37. The lowest BCUT2D eigenvalue weighted by Gasteiger charge is -2.07. The topological polar surface area (TPSA) is 49.8 Å². The summed E-state index contributed by atoms with van der Waals surface area (Å²) in [4.78, 5) is 1.47. The summed E-state index contributed by atoms with van der Waals surface area (Å²) in [7, 11) is 4.34. The van der Waals surface area contributed by atoms with Crippen LogP contribution in [0.2, 0.25) is 0 Å². The number of quaternary nitrogens is 1. The first-order chi connectivity index (χ1) is 10.6. The van der Waals surface area contributed by atoms with Crippen molar-refractivity contribution in [3.63, 3.8) is 0 Å². The van der Waals surface area contributed by atoms with Crippen molar-refractivity contribution < 1.29 is 26.8 Å². The molecule has 1 aromatic heterocycles. The average Bonchev–Trinajstić information content (AvgIpc) is 2.95. The molecule has 1 aromatic carbocycles. The van der Waals surface area contributed by atoms with Crippen molar-refractivity contribution in [2.24, 2.45) is 0 Å². The van der Waals surface area contributed by atoms with Crippen LogP contribution in [0.15, 0.2) is 40.8 Å². The van der Waals surface area contributed by atoms with Crippen molar-refractivity contribution in [2.75, 3.05) is 27.2 Å². The molecule has 0 fully saturated rings. The van der Waals surface area contributed by atoms with Gasteiger partial charge in [-0.1, -0.05) is 24.3 Å². The molecule has 3 N–H and O–H groups in total. The van der Waals surface area contributed by atoms with Crippen molar-refractivity contribution in [3.05, 3.63) is 47.7 Å². The van der Waals surface area contributed by atoms with Gasteiger partial charge in [-0.2, -0.15) is 0 Å². The van der Waals surface area contributed by atoms with Crippen molar-refractivity contribution in [2.45, 2.75) is 26.0 Å². The minimum Gasteiger partial charge on any atom is -1.00 e. The normalized spacial score (nSPS) is 12.2. The fraction of sp³-hybridized carbons (Fsp3) is 0.444. The lowest BCUT2D eigenvalue weighted by molar-refractivity contribution is -0.858. The third-order valence-electron chi connectivity index (χ3n) is 3.67. The summed E-state index contributed by atoms with van der Waals surface area (Å²) in [5.41, 5.74) is 1.95. The minimum atomic E-state index is -0.436. The van der Waals surface area contributed by atoms with Gasteiger partial charge in [-0.25, -0.2) is 0 Å². The van der Waals surface area contributed by atoms with Gasteiger partial charge in [0.15, 0.2) is 0 Å². The molecule has 2 aromatic rings. The van der Waals surface area contributed by atoms with Gasteiger partial charge in [0.2, 0.25) is 0 Å². The molecule has 2 rings (SSSR count). The zero-order valence-corrected chi connectivity index (χ0v) is 14.9. The van der Waals surface area contributed by atoms with Gasteiger partial charge >= 0.3 is 0 Å². The van der Waals surface area contributed by atoms with E-state index in [0.717, 1.165) is 42.2 Å². The third-order valence-corrected chi connectivity index (χ3v) is 3.67. The van der Waals surface area contributed by atoms with E-state index in [1.165, 1.54) is 11.4 Å². The van der Waals surface area contributed by atoms with Crippen LogP contribution >= 0.6 is 0 Å². The molecular weight excluding hydrogens is 312 g/mol. The quantitative estimate of drug-likeness (QED) is 0.521. The van der Waals surface area contributed by atoms with E-state index in [2.05, 4.69) is 19.4 Å². The van der Waals surface area contributed by atoms with Crippen LogP contribution in [0.3, 0.4) is 0 Å². The van der Waals surface area contributed by atoms with Gasteiger partial charge in [-0.05, 0) is 24.6 Å². The highest BCUT2D eigenvalue weighted by Gasteiger charge is 2.06. The first kappa shape index (κ1) is 19.7. The highest BCUT2D eigenvalue weighted by molar-refractivity contribution is 5.58. The second-order valence-corrected chi connectivity index (χ2v) is 6.05. The van der Waals surface area contributed by atoms with E-state index in [4.69, 9.17) is 4.42 Å². The number of benzene rings is 1. The lowest BCUT2D eigenvalue weighted by atomic mass is 10.1. The molecule has 0 aliphatic carbocycles. The summed E-state index contributed by atoms with van der Waals surface area (Å²) < 4.78 is 5.87. The Kier molecular flexibility index (Phi) is 8.34. The zero-order valence-electron chi connectivity index (χ0n) is 14.1. The maximum absolute atomic E-state index is 9.53. The van der Waals surface area contributed by atoms with Crippen LogP contribution in [0.25, 0.3) is 11.3 Å². The van der Waals surface area contributed by atoms with Crippen LogP contribution in [-0.2, 0) is 6.54 Å². The summed E-state index contributed by atoms with van der Waals surface area (Å²) in [5, 5.41) is 12.9. The molecule has 1 heterocycles. The van der Waals surface area contributed by atoms with Gasteiger partial charge in [0.05, 0.1) is 33.3 Å². The van der Waals surface area contributed by atoms with Gasteiger partial charge in [-0.3, -0.25) is 0 Å². The Bertz CT molecular complexity index is 565. The van der Waals surface area contributed by atoms with Crippen LogP contribution in [0.1, 0.15) is 30.8 Å². The second-order valence-electron chi connectivity index (χ2n) is 6.05. The molecule has 23 heavy (non-hydrogen) atoms. The Labute approximate surface area is 144 Å². The number of hydrogen-bond acceptors (Lipinski definition) is 3. The molecule has 1 unspecified atom stereocenters. The number of aliphatic hydroxyl groups excluding tert-OH is 1. The Morgan fingerprint density at radius 3 is 2.43 bits per heavy atom. The first-order valence-corrected chi connectivity index (χ1v) is 7.93. The highest BCUT2D eigenvalue weighted by Crippen LogP contribution is 2.24. The fourth-order valence-electron chi connectivity index (χ4n) is 2.33. The third kappa shape index (κ3) is 6.36. The zero-order chi connectivity index (χ0) is 15.9. The summed E-state index contributed by atoms with van der Waals surface area (Å²) >= 11 is 0. The Balaban J connectivity index is 0.00000264. The Morgan fingerprint density at radius 1 is 1.13 bits per heavy atom. The van der Waals surface area contributed by atoms with E-state index in [-0.39, 0.29) is 12.4 Å². The predicted molar refractivity (Wildman–Crippen MR) is 88.8 cm³/mol. The molecule has 0 saturated carbocycles. The molecular formula is C18H27ClN2O2. The molecule has 0 radical (unpaired) electrons. The van der Waals surface area contributed by atoms with Gasteiger partial charge in [0.1, 0.15) is 11.5 Å². The fourth-order valence-corrected chi connectivity index (χ4v) is 2.33. The van der Waals surface area contributed by atoms with Gasteiger partial charge < -0.3 is 32.1 Å². The molecule has 0 aliphatic heterocycles. The second kappa shape index (κ2) is 9.73. The maximum atomic E-state index is 9.53. The van der Waals surface area contributed by atoms with Gasteiger partial charge in [0, 0.05) is 18.5 Å². The van der Waals surface area contributed by atoms with E-state index < -0.39 is 6.10 Å². The molecule has 4 nitrogen and oxygen atoms in total. The Hall–Kier alpha value is -1.33. The number of rotatable bonds is 8. The molecule has 0 spiro atoms. The Morgan fingerprint density at radius 2 is 1.83 bits per heavy atom. The molecule has 0 bridgehead atoms. The minimum absolute atomic E-state index is 0. The summed E-state index contributed by atoms with van der Waals surface area (Å²) in [6.07, 6.45) is 0.728. The molecule has 0 amide bonds. The highest BCUT2D eigenvalue weighted by atomic mass is 35.5. The van der Waals surface area contributed by atoms with Crippen LogP contribution in [-0.4, -0.2) is 32.3 Å². The number of aliphatic hydroxyl groups is 1. The molecule has 0 aliphatic rings. The molecule has 0 saturated heterocycles. The van der Waals surface area contributed by atoms with Gasteiger partial charge in [-0.15, -0.1) is 0 Å². The monoisotopic (exact) mass is 338 g/mol.